The van der Waals surface area contributed by atoms with Crippen LogP contribution in [0.5, 0.6) is 0 Å². The van der Waals surface area contributed by atoms with Gasteiger partial charge in [0.2, 0.25) is 5.91 Å². The first kappa shape index (κ1) is 14.2. The largest absolute Gasteiger partial charge is 0.481 e. The van der Waals surface area contributed by atoms with Crippen molar-refractivity contribution in [1.29, 1.82) is 0 Å². The normalized spacial score (nSPS) is 12.8. The molecule has 0 spiro atoms. The van der Waals surface area contributed by atoms with Crippen LogP contribution < -0.4 is 5.32 Å². The minimum absolute atomic E-state index is 0.131. The maximum Gasteiger partial charge on any atom is 0.315 e. The zero-order valence-electron chi connectivity index (χ0n) is 9.88. The second kappa shape index (κ2) is 5.18. The molecule has 1 rings (SSSR count). The maximum atomic E-state index is 11.4. The van der Waals surface area contributed by atoms with Gasteiger partial charge in [0.1, 0.15) is 5.92 Å². The van der Waals surface area contributed by atoms with Gasteiger partial charge >= 0.3 is 5.97 Å². The standard InChI is InChI=1S/C11H13NO5S/c1-7(11(14)15)10(13)12-8-3-5-9(6-4-8)18(2,16)17/h3-7H,1-2H3,(H,12,13)(H,14,15). The molecule has 7 heteroatoms. The predicted octanol–water partition coefficient (Wildman–Crippen LogP) is 0.749. The fourth-order valence-corrected chi connectivity index (χ4v) is 1.78. The SMILES string of the molecule is CC(C(=O)O)C(=O)Nc1ccc(S(C)(=O)=O)cc1. The summed E-state index contributed by atoms with van der Waals surface area (Å²) in [4.78, 5) is 22.1. The number of hydrogen-bond acceptors (Lipinski definition) is 4. The second-order valence-corrected chi connectivity index (χ2v) is 5.86. The Labute approximate surface area is 105 Å². The van der Waals surface area contributed by atoms with E-state index in [1.807, 2.05) is 0 Å². The van der Waals surface area contributed by atoms with E-state index in [-0.39, 0.29) is 4.90 Å². The first-order valence-corrected chi connectivity index (χ1v) is 6.95. The third-order valence-electron chi connectivity index (χ3n) is 2.31. The lowest BCUT2D eigenvalue weighted by molar-refractivity contribution is -0.144. The van der Waals surface area contributed by atoms with Crippen molar-refractivity contribution < 1.29 is 23.1 Å². The van der Waals surface area contributed by atoms with E-state index in [2.05, 4.69) is 5.32 Å². The topological polar surface area (TPSA) is 101 Å². The number of carbonyl (C=O) groups excluding carboxylic acids is 1. The predicted molar refractivity (Wildman–Crippen MR) is 65.0 cm³/mol. The molecule has 1 amide bonds. The first-order valence-electron chi connectivity index (χ1n) is 5.05. The number of nitrogens with one attached hydrogen (secondary N) is 1. The van der Waals surface area contributed by atoms with Crippen LogP contribution in [0, 0.1) is 5.92 Å². The Morgan fingerprint density at radius 3 is 2.11 bits per heavy atom. The number of sulfone groups is 1. The van der Waals surface area contributed by atoms with E-state index in [9.17, 15) is 18.0 Å². The minimum Gasteiger partial charge on any atom is -0.481 e. The van der Waals surface area contributed by atoms with Gasteiger partial charge in [-0.15, -0.1) is 0 Å². The Bertz CT molecular complexity index is 562. The summed E-state index contributed by atoms with van der Waals surface area (Å²) in [6.07, 6.45) is 1.08. The number of carbonyl (C=O) groups is 2. The smallest absolute Gasteiger partial charge is 0.315 e. The molecule has 1 unspecified atom stereocenters. The van der Waals surface area contributed by atoms with E-state index in [1.54, 1.807) is 0 Å². The lowest BCUT2D eigenvalue weighted by Crippen LogP contribution is -2.26. The van der Waals surface area contributed by atoms with Gasteiger partial charge in [0.15, 0.2) is 9.84 Å². The zero-order valence-corrected chi connectivity index (χ0v) is 10.7. The van der Waals surface area contributed by atoms with Crippen molar-refractivity contribution in [3.8, 4) is 0 Å². The number of rotatable bonds is 4. The fourth-order valence-electron chi connectivity index (χ4n) is 1.15. The molecule has 0 aliphatic rings. The highest BCUT2D eigenvalue weighted by molar-refractivity contribution is 7.90. The van der Waals surface area contributed by atoms with E-state index in [0.29, 0.717) is 5.69 Å². The van der Waals surface area contributed by atoms with Gasteiger partial charge in [0.05, 0.1) is 4.90 Å². The number of hydrogen-bond donors (Lipinski definition) is 2. The van der Waals surface area contributed by atoms with Gasteiger partial charge in [0, 0.05) is 11.9 Å². The van der Waals surface area contributed by atoms with Crippen LogP contribution in [0.25, 0.3) is 0 Å². The van der Waals surface area contributed by atoms with Gasteiger partial charge < -0.3 is 10.4 Å². The Kier molecular flexibility index (Phi) is 4.07. The average molecular weight is 271 g/mol. The Morgan fingerprint density at radius 2 is 1.72 bits per heavy atom. The Balaban J connectivity index is 2.82. The van der Waals surface area contributed by atoms with Crippen molar-refractivity contribution in [3.63, 3.8) is 0 Å². The molecule has 6 nitrogen and oxygen atoms in total. The quantitative estimate of drug-likeness (QED) is 0.787. The fraction of sp³-hybridized carbons (Fsp3) is 0.273. The molecule has 2 N–H and O–H groups in total. The number of aliphatic carboxylic acids is 1. The molecule has 0 bridgehead atoms. The lowest BCUT2D eigenvalue weighted by atomic mass is 10.1. The summed E-state index contributed by atoms with van der Waals surface area (Å²) in [5.74, 6) is -3.05. The lowest BCUT2D eigenvalue weighted by Gasteiger charge is -2.08. The molecular formula is C11H13NO5S. The van der Waals surface area contributed by atoms with Crippen molar-refractivity contribution in [3.05, 3.63) is 24.3 Å². The highest BCUT2D eigenvalue weighted by Crippen LogP contribution is 2.14. The molecule has 0 fully saturated rings. The van der Waals surface area contributed by atoms with Gasteiger partial charge in [-0.25, -0.2) is 8.42 Å². The average Bonchev–Trinajstić information content (AvgIpc) is 2.27. The number of amides is 1. The van der Waals surface area contributed by atoms with Crippen molar-refractivity contribution in [2.45, 2.75) is 11.8 Å². The molecule has 18 heavy (non-hydrogen) atoms. The number of benzene rings is 1. The summed E-state index contributed by atoms with van der Waals surface area (Å²) < 4.78 is 22.4. The maximum absolute atomic E-state index is 11.4. The van der Waals surface area contributed by atoms with Crippen molar-refractivity contribution >= 4 is 27.4 Å². The van der Waals surface area contributed by atoms with Crippen LogP contribution in [0.2, 0.25) is 0 Å². The van der Waals surface area contributed by atoms with E-state index in [1.165, 1.54) is 31.2 Å². The van der Waals surface area contributed by atoms with Crippen LogP contribution in [0.4, 0.5) is 5.69 Å². The van der Waals surface area contributed by atoms with Crippen LogP contribution in [0.3, 0.4) is 0 Å². The van der Waals surface area contributed by atoms with Crippen molar-refractivity contribution in [2.24, 2.45) is 5.92 Å². The molecule has 1 aromatic rings. The molecule has 0 saturated carbocycles. The van der Waals surface area contributed by atoms with Gasteiger partial charge in [-0.3, -0.25) is 9.59 Å². The summed E-state index contributed by atoms with van der Waals surface area (Å²) in [6, 6.07) is 5.50. The van der Waals surface area contributed by atoms with Gasteiger partial charge in [-0.1, -0.05) is 0 Å². The Morgan fingerprint density at radius 1 is 1.22 bits per heavy atom. The molecule has 0 aliphatic carbocycles. The number of anilines is 1. The van der Waals surface area contributed by atoms with Crippen LogP contribution in [-0.4, -0.2) is 31.7 Å². The second-order valence-electron chi connectivity index (χ2n) is 3.85. The molecule has 98 valence electrons. The third kappa shape index (κ3) is 3.56. The highest BCUT2D eigenvalue weighted by Gasteiger charge is 2.20. The molecule has 0 heterocycles. The van der Waals surface area contributed by atoms with Gasteiger partial charge in [0.25, 0.3) is 0 Å². The molecule has 1 aromatic carbocycles. The summed E-state index contributed by atoms with van der Waals surface area (Å²) in [7, 11) is -3.28. The van der Waals surface area contributed by atoms with Crippen molar-refractivity contribution in [2.75, 3.05) is 11.6 Å². The summed E-state index contributed by atoms with van der Waals surface area (Å²) in [6.45, 7) is 1.27. The monoisotopic (exact) mass is 271 g/mol. The first-order chi connectivity index (χ1) is 8.21. The van der Waals surface area contributed by atoms with E-state index < -0.39 is 27.6 Å². The van der Waals surface area contributed by atoms with E-state index in [0.717, 1.165) is 6.26 Å². The van der Waals surface area contributed by atoms with Crippen LogP contribution in [0.15, 0.2) is 29.2 Å². The molecule has 0 aliphatic heterocycles. The van der Waals surface area contributed by atoms with Crippen molar-refractivity contribution in [1.82, 2.24) is 0 Å². The minimum atomic E-state index is -3.28. The van der Waals surface area contributed by atoms with Gasteiger partial charge in [-0.05, 0) is 31.2 Å². The Hall–Kier alpha value is -1.89. The van der Waals surface area contributed by atoms with Crippen LogP contribution in [0.1, 0.15) is 6.92 Å². The van der Waals surface area contributed by atoms with Gasteiger partial charge in [-0.2, -0.15) is 0 Å². The molecular weight excluding hydrogens is 258 g/mol. The van der Waals surface area contributed by atoms with E-state index >= 15 is 0 Å². The van der Waals surface area contributed by atoms with Crippen LogP contribution >= 0.6 is 0 Å². The number of carboxylic acids is 1. The molecule has 1 atom stereocenters. The van der Waals surface area contributed by atoms with Crippen LogP contribution in [-0.2, 0) is 19.4 Å². The highest BCUT2D eigenvalue weighted by atomic mass is 32.2. The summed E-state index contributed by atoms with van der Waals surface area (Å²) in [5, 5.41) is 11.0. The summed E-state index contributed by atoms with van der Waals surface area (Å²) in [5.41, 5.74) is 0.348. The molecule has 0 aromatic heterocycles. The molecule has 0 radical (unpaired) electrons. The third-order valence-corrected chi connectivity index (χ3v) is 3.44. The van der Waals surface area contributed by atoms with E-state index in [4.69, 9.17) is 5.11 Å². The summed E-state index contributed by atoms with van der Waals surface area (Å²) >= 11 is 0. The molecule has 0 saturated heterocycles. The number of carboxylic acid groups (broad SMARTS) is 1. The zero-order chi connectivity index (χ0) is 13.9.